The van der Waals surface area contributed by atoms with E-state index in [2.05, 4.69) is 15.9 Å². The highest BCUT2D eigenvalue weighted by Crippen LogP contribution is 2.17. The number of anilines is 1. The van der Waals surface area contributed by atoms with Crippen molar-refractivity contribution in [2.75, 3.05) is 5.73 Å². The third kappa shape index (κ3) is 2.69. The first-order valence-corrected chi connectivity index (χ1v) is 3.77. The molecule has 1 rings (SSSR count). The average molecular weight is 238 g/mol. The Morgan fingerprint density at radius 1 is 1.36 bits per heavy atom. The van der Waals surface area contributed by atoms with E-state index in [1.165, 1.54) is 0 Å². The van der Waals surface area contributed by atoms with Crippen LogP contribution in [0.1, 0.15) is 5.56 Å². The van der Waals surface area contributed by atoms with Crippen LogP contribution in [0.25, 0.3) is 0 Å². The quantitative estimate of drug-likeness (QED) is 0.733. The monoisotopic (exact) mass is 236 g/mol. The minimum atomic E-state index is 0. The van der Waals surface area contributed by atoms with E-state index in [-0.39, 0.29) is 12.4 Å². The first-order valence-electron chi connectivity index (χ1n) is 2.98. The molecular formula is C7H10BrClN2. The largest absolute Gasteiger partial charge is 0.398 e. The molecule has 0 aromatic heterocycles. The molecule has 0 heterocycles. The van der Waals surface area contributed by atoms with E-state index in [1.54, 1.807) is 0 Å². The molecule has 0 saturated carbocycles. The minimum absolute atomic E-state index is 0. The molecule has 0 unspecified atom stereocenters. The number of halogens is 2. The number of benzene rings is 1. The minimum Gasteiger partial charge on any atom is -0.398 e. The molecule has 1 aromatic rings. The Bertz CT molecular complexity index is 240. The first-order chi connectivity index (χ1) is 4.74. The fourth-order valence-electron chi connectivity index (χ4n) is 0.751. The molecule has 1 aromatic carbocycles. The van der Waals surface area contributed by atoms with E-state index in [9.17, 15) is 0 Å². The van der Waals surface area contributed by atoms with Crippen LogP contribution in [0.5, 0.6) is 0 Å². The molecule has 0 radical (unpaired) electrons. The summed E-state index contributed by atoms with van der Waals surface area (Å²) >= 11 is 3.33. The van der Waals surface area contributed by atoms with Crippen LogP contribution < -0.4 is 11.5 Å². The van der Waals surface area contributed by atoms with Gasteiger partial charge in [-0.15, -0.1) is 12.4 Å². The van der Waals surface area contributed by atoms with Gasteiger partial charge in [-0.2, -0.15) is 0 Å². The maximum atomic E-state index is 5.60. The van der Waals surface area contributed by atoms with E-state index >= 15 is 0 Å². The van der Waals surface area contributed by atoms with Gasteiger partial charge in [-0.05, 0) is 23.8 Å². The number of nitrogens with two attached hydrogens (primary N) is 2. The van der Waals surface area contributed by atoms with Crippen molar-refractivity contribution >= 4 is 34.0 Å². The van der Waals surface area contributed by atoms with Crippen molar-refractivity contribution in [1.29, 1.82) is 0 Å². The molecular weight excluding hydrogens is 227 g/mol. The smallest absolute Gasteiger partial charge is 0.0360 e. The van der Waals surface area contributed by atoms with Crippen LogP contribution in [0.3, 0.4) is 0 Å². The van der Waals surface area contributed by atoms with Crippen LogP contribution in [0, 0.1) is 0 Å². The third-order valence-corrected chi connectivity index (χ3v) is 1.82. The zero-order chi connectivity index (χ0) is 7.56. The summed E-state index contributed by atoms with van der Waals surface area (Å²) in [6, 6.07) is 5.66. The van der Waals surface area contributed by atoms with Gasteiger partial charge in [0.1, 0.15) is 0 Å². The van der Waals surface area contributed by atoms with E-state index in [0.29, 0.717) is 6.54 Å². The van der Waals surface area contributed by atoms with Gasteiger partial charge in [-0.25, -0.2) is 0 Å². The fourth-order valence-corrected chi connectivity index (χ4v) is 1.16. The lowest BCUT2D eigenvalue weighted by Gasteiger charge is -2.01. The second-order valence-corrected chi connectivity index (χ2v) is 2.96. The summed E-state index contributed by atoms with van der Waals surface area (Å²) in [6.45, 7) is 0.491. The topological polar surface area (TPSA) is 52.0 Å². The zero-order valence-corrected chi connectivity index (χ0v) is 8.28. The van der Waals surface area contributed by atoms with Gasteiger partial charge >= 0.3 is 0 Å². The number of hydrogen-bond donors (Lipinski definition) is 2. The molecule has 0 aliphatic carbocycles. The van der Waals surface area contributed by atoms with E-state index < -0.39 is 0 Å². The summed E-state index contributed by atoms with van der Waals surface area (Å²) < 4.78 is 1.02. The maximum absolute atomic E-state index is 5.60. The van der Waals surface area contributed by atoms with Gasteiger partial charge in [0, 0.05) is 16.7 Å². The highest BCUT2D eigenvalue weighted by atomic mass is 79.9. The SMILES string of the molecule is Cl.NCc1cc(Br)ccc1N. The molecule has 0 atom stereocenters. The molecule has 4 heteroatoms. The normalized spacial score (nSPS) is 8.91. The Labute approximate surface area is 80.5 Å². The van der Waals surface area contributed by atoms with Crippen molar-refractivity contribution < 1.29 is 0 Å². The second kappa shape index (κ2) is 4.59. The van der Waals surface area contributed by atoms with Crippen molar-refractivity contribution in [3.8, 4) is 0 Å². The summed E-state index contributed by atoms with van der Waals surface area (Å²) in [6.07, 6.45) is 0. The van der Waals surface area contributed by atoms with Gasteiger partial charge < -0.3 is 11.5 Å². The Kier molecular flexibility index (Phi) is 4.49. The van der Waals surface area contributed by atoms with Crippen molar-refractivity contribution in [2.45, 2.75) is 6.54 Å². The number of rotatable bonds is 1. The maximum Gasteiger partial charge on any atom is 0.0360 e. The molecule has 11 heavy (non-hydrogen) atoms. The van der Waals surface area contributed by atoms with Gasteiger partial charge in [0.15, 0.2) is 0 Å². The standard InChI is InChI=1S/C7H9BrN2.ClH/c8-6-1-2-7(10)5(3-6)4-9;/h1-3H,4,9-10H2;1H. The van der Waals surface area contributed by atoms with Gasteiger partial charge in [-0.1, -0.05) is 15.9 Å². The zero-order valence-electron chi connectivity index (χ0n) is 5.88. The molecule has 0 spiro atoms. The lowest BCUT2D eigenvalue weighted by atomic mass is 10.2. The van der Waals surface area contributed by atoms with Crippen LogP contribution >= 0.6 is 28.3 Å². The Morgan fingerprint density at radius 3 is 2.45 bits per heavy atom. The van der Waals surface area contributed by atoms with E-state index in [1.807, 2.05) is 18.2 Å². The molecule has 4 N–H and O–H groups in total. The fraction of sp³-hybridized carbons (Fsp3) is 0.143. The van der Waals surface area contributed by atoms with Crippen LogP contribution in [0.4, 0.5) is 5.69 Å². The van der Waals surface area contributed by atoms with Gasteiger partial charge in [0.25, 0.3) is 0 Å². The van der Waals surface area contributed by atoms with Gasteiger partial charge in [0.05, 0.1) is 0 Å². The molecule has 0 aliphatic heterocycles. The average Bonchev–Trinajstić information content (AvgIpc) is 1.94. The van der Waals surface area contributed by atoms with E-state index in [0.717, 1.165) is 15.7 Å². The van der Waals surface area contributed by atoms with Crippen molar-refractivity contribution in [3.63, 3.8) is 0 Å². The highest BCUT2D eigenvalue weighted by molar-refractivity contribution is 9.10. The lowest BCUT2D eigenvalue weighted by molar-refractivity contribution is 1.07. The van der Waals surface area contributed by atoms with Crippen LogP contribution in [0.15, 0.2) is 22.7 Å². The predicted molar refractivity (Wildman–Crippen MR) is 53.7 cm³/mol. The summed E-state index contributed by atoms with van der Waals surface area (Å²) in [5.41, 5.74) is 12.8. The number of nitrogen functional groups attached to an aromatic ring is 1. The summed E-state index contributed by atoms with van der Waals surface area (Å²) in [4.78, 5) is 0. The van der Waals surface area contributed by atoms with Gasteiger partial charge in [0.2, 0.25) is 0 Å². The van der Waals surface area contributed by atoms with Crippen LogP contribution in [-0.4, -0.2) is 0 Å². The lowest BCUT2D eigenvalue weighted by Crippen LogP contribution is -2.00. The molecule has 62 valence electrons. The summed E-state index contributed by atoms with van der Waals surface area (Å²) in [5, 5.41) is 0. The number of hydrogen-bond acceptors (Lipinski definition) is 2. The van der Waals surface area contributed by atoms with Crippen LogP contribution in [0.2, 0.25) is 0 Å². The molecule has 0 aliphatic rings. The van der Waals surface area contributed by atoms with E-state index in [4.69, 9.17) is 11.5 Å². The molecule has 2 nitrogen and oxygen atoms in total. The summed E-state index contributed by atoms with van der Waals surface area (Å²) in [7, 11) is 0. The molecule has 0 bridgehead atoms. The first kappa shape index (κ1) is 10.8. The summed E-state index contributed by atoms with van der Waals surface area (Å²) in [5.74, 6) is 0. The van der Waals surface area contributed by atoms with Crippen molar-refractivity contribution in [3.05, 3.63) is 28.2 Å². The Hall–Kier alpha value is -0.250. The Balaban J connectivity index is 0.000001000. The van der Waals surface area contributed by atoms with Crippen LogP contribution in [-0.2, 0) is 6.54 Å². The Morgan fingerprint density at radius 2 is 2.00 bits per heavy atom. The molecule has 0 amide bonds. The molecule has 0 fully saturated rings. The highest BCUT2D eigenvalue weighted by Gasteiger charge is 1.95. The third-order valence-electron chi connectivity index (χ3n) is 1.32. The molecule has 0 saturated heterocycles. The predicted octanol–water partition coefficient (Wildman–Crippen LogP) is 1.91. The van der Waals surface area contributed by atoms with Crippen molar-refractivity contribution in [1.82, 2.24) is 0 Å². The van der Waals surface area contributed by atoms with Gasteiger partial charge in [-0.3, -0.25) is 0 Å². The van der Waals surface area contributed by atoms with Crippen molar-refractivity contribution in [2.24, 2.45) is 5.73 Å². The second-order valence-electron chi connectivity index (χ2n) is 2.05.